The molecule has 0 aliphatic carbocycles. The van der Waals surface area contributed by atoms with Crippen LogP contribution in [-0.2, 0) is 11.3 Å². The van der Waals surface area contributed by atoms with Crippen LogP contribution in [0.2, 0.25) is 0 Å². The van der Waals surface area contributed by atoms with Crippen molar-refractivity contribution >= 4 is 5.91 Å². The molecule has 1 amide bonds. The molecule has 0 bridgehead atoms. The number of carbonyl (C=O) groups is 1. The second-order valence-electron chi connectivity index (χ2n) is 7.95. The van der Waals surface area contributed by atoms with Crippen LogP contribution in [0.25, 0.3) is 0 Å². The molecule has 1 aliphatic heterocycles. The Kier molecular flexibility index (Phi) is 7.34. The van der Waals surface area contributed by atoms with E-state index in [1.807, 2.05) is 49.4 Å². The number of benzene rings is 2. The Morgan fingerprint density at radius 1 is 1.10 bits per heavy atom. The second-order valence-corrected chi connectivity index (χ2v) is 7.95. The predicted octanol–water partition coefficient (Wildman–Crippen LogP) is 3.80. The first kappa shape index (κ1) is 22.1. The first-order valence-electron chi connectivity index (χ1n) is 10.4. The van der Waals surface area contributed by atoms with Gasteiger partial charge in [0.05, 0.1) is 32.5 Å². The number of hydrogen-bond donors (Lipinski definition) is 1. The van der Waals surface area contributed by atoms with Crippen LogP contribution in [-0.4, -0.2) is 50.3 Å². The quantitative estimate of drug-likeness (QED) is 0.750. The van der Waals surface area contributed by atoms with Crippen molar-refractivity contribution < 1.29 is 19.0 Å². The van der Waals surface area contributed by atoms with Crippen LogP contribution in [0.1, 0.15) is 48.3 Å². The third-order valence-electron chi connectivity index (χ3n) is 5.37. The Labute approximate surface area is 179 Å². The summed E-state index contributed by atoms with van der Waals surface area (Å²) in [5.41, 5.74) is 2.73. The highest BCUT2D eigenvalue weighted by molar-refractivity contribution is 5.94. The van der Waals surface area contributed by atoms with Gasteiger partial charge in [0.15, 0.2) is 0 Å². The van der Waals surface area contributed by atoms with Crippen LogP contribution in [0.4, 0.5) is 0 Å². The molecule has 162 valence electrons. The van der Waals surface area contributed by atoms with Gasteiger partial charge in [-0.1, -0.05) is 12.1 Å². The van der Waals surface area contributed by atoms with Gasteiger partial charge in [-0.2, -0.15) is 0 Å². The third kappa shape index (κ3) is 5.52. The number of ether oxygens (including phenoxy) is 3. The topological polar surface area (TPSA) is 60.0 Å². The summed E-state index contributed by atoms with van der Waals surface area (Å²) in [5, 5.41) is 3.05. The summed E-state index contributed by atoms with van der Waals surface area (Å²) in [4.78, 5) is 15.1. The molecular weight excluding hydrogens is 380 g/mol. The SMILES string of the molecule is COc1ccc(C(C)NC(=O)c2ccc(CN3CC(C)OC(C)C3)cc2)c(OC)c1. The molecule has 1 N–H and O–H groups in total. The summed E-state index contributed by atoms with van der Waals surface area (Å²) in [6.45, 7) is 8.86. The fraction of sp³-hybridized carbons (Fsp3) is 0.458. The van der Waals surface area contributed by atoms with Crippen molar-refractivity contribution in [1.82, 2.24) is 10.2 Å². The number of methoxy groups -OCH3 is 2. The van der Waals surface area contributed by atoms with Crippen molar-refractivity contribution in [2.45, 2.75) is 45.6 Å². The summed E-state index contributed by atoms with van der Waals surface area (Å²) in [5.74, 6) is 1.29. The lowest BCUT2D eigenvalue weighted by Gasteiger charge is -2.35. The molecule has 0 aromatic heterocycles. The monoisotopic (exact) mass is 412 g/mol. The Bertz CT molecular complexity index is 843. The summed E-state index contributed by atoms with van der Waals surface area (Å²) in [7, 11) is 3.23. The lowest BCUT2D eigenvalue weighted by atomic mass is 10.1. The van der Waals surface area contributed by atoms with E-state index in [1.54, 1.807) is 14.2 Å². The molecule has 2 aromatic carbocycles. The highest BCUT2D eigenvalue weighted by Crippen LogP contribution is 2.29. The standard InChI is InChI=1S/C24H32N2O4/c1-16-13-26(14-17(2)30-16)15-19-6-8-20(9-7-19)24(27)25-18(3)22-11-10-21(28-4)12-23(22)29-5/h6-12,16-18H,13-15H2,1-5H3,(H,25,27). The summed E-state index contributed by atoms with van der Waals surface area (Å²) >= 11 is 0. The fourth-order valence-electron chi connectivity index (χ4n) is 3.97. The maximum absolute atomic E-state index is 12.7. The largest absolute Gasteiger partial charge is 0.497 e. The molecule has 0 saturated carbocycles. The van der Waals surface area contributed by atoms with Gasteiger partial charge in [0.2, 0.25) is 0 Å². The van der Waals surface area contributed by atoms with E-state index >= 15 is 0 Å². The number of nitrogens with one attached hydrogen (secondary N) is 1. The van der Waals surface area contributed by atoms with E-state index < -0.39 is 0 Å². The molecule has 3 atom stereocenters. The molecule has 30 heavy (non-hydrogen) atoms. The highest BCUT2D eigenvalue weighted by Gasteiger charge is 2.22. The molecule has 1 fully saturated rings. The molecule has 6 heteroatoms. The van der Waals surface area contributed by atoms with E-state index in [9.17, 15) is 4.79 Å². The van der Waals surface area contributed by atoms with Crippen molar-refractivity contribution in [3.05, 3.63) is 59.2 Å². The van der Waals surface area contributed by atoms with Crippen molar-refractivity contribution in [1.29, 1.82) is 0 Å². The van der Waals surface area contributed by atoms with E-state index in [-0.39, 0.29) is 24.2 Å². The first-order valence-corrected chi connectivity index (χ1v) is 10.4. The number of carbonyl (C=O) groups excluding carboxylic acids is 1. The van der Waals surface area contributed by atoms with Crippen LogP contribution in [0, 0.1) is 0 Å². The fourth-order valence-corrected chi connectivity index (χ4v) is 3.97. The number of morpholine rings is 1. The Hall–Kier alpha value is -2.57. The van der Waals surface area contributed by atoms with Gasteiger partial charge in [0.25, 0.3) is 5.91 Å². The molecule has 6 nitrogen and oxygen atoms in total. The van der Waals surface area contributed by atoms with Gasteiger partial charge in [-0.15, -0.1) is 0 Å². The lowest BCUT2D eigenvalue weighted by molar-refractivity contribution is -0.0704. The number of nitrogens with zero attached hydrogens (tertiary/aromatic N) is 1. The summed E-state index contributed by atoms with van der Waals surface area (Å²) in [6.07, 6.45) is 0.491. The molecule has 2 aromatic rings. The van der Waals surface area contributed by atoms with E-state index in [1.165, 1.54) is 5.56 Å². The van der Waals surface area contributed by atoms with Gasteiger partial charge in [0, 0.05) is 36.8 Å². The zero-order valence-electron chi connectivity index (χ0n) is 18.5. The van der Waals surface area contributed by atoms with Crippen LogP contribution < -0.4 is 14.8 Å². The molecule has 0 spiro atoms. The van der Waals surface area contributed by atoms with E-state index in [2.05, 4.69) is 24.1 Å². The molecule has 3 unspecified atom stereocenters. The smallest absolute Gasteiger partial charge is 0.251 e. The van der Waals surface area contributed by atoms with Crippen molar-refractivity contribution in [3.8, 4) is 11.5 Å². The normalized spacial score (nSPS) is 20.4. The van der Waals surface area contributed by atoms with E-state index in [0.717, 1.165) is 25.2 Å². The van der Waals surface area contributed by atoms with E-state index in [0.29, 0.717) is 17.1 Å². The van der Waals surface area contributed by atoms with Crippen LogP contribution in [0.15, 0.2) is 42.5 Å². The molecule has 1 aliphatic rings. The maximum Gasteiger partial charge on any atom is 0.251 e. The van der Waals surface area contributed by atoms with Crippen LogP contribution in [0.3, 0.4) is 0 Å². The second kappa shape index (κ2) is 9.96. The van der Waals surface area contributed by atoms with Gasteiger partial charge in [0.1, 0.15) is 11.5 Å². The predicted molar refractivity (Wildman–Crippen MR) is 117 cm³/mol. The number of hydrogen-bond acceptors (Lipinski definition) is 5. The maximum atomic E-state index is 12.7. The molecule has 1 heterocycles. The number of rotatable bonds is 7. The van der Waals surface area contributed by atoms with E-state index in [4.69, 9.17) is 14.2 Å². The Morgan fingerprint density at radius 3 is 2.37 bits per heavy atom. The highest BCUT2D eigenvalue weighted by atomic mass is 16.5. The van der Waals surface area contributed by atoms with Crippen molar-refractivity contribution in [3.63, 3.8) is 0 Å². The molecule has 3 rings (SSSR count). The molecular formula is C24H32N2O4. The van der Waals surface area contributed by atoms with Crippen LogP contribution >= 0.6 is 0 Å². The Morgan fingerprint density at radius 2 is 1.77 bits per heavy atom. The average Bonchev–Trinajstić information content (AvgIpc) is 2.72. The van der Waals surface area contributed by atoms with Crippen LogP contribution in [0.5, 0.6) is 11.5 Å². The van der Waals surface area contributed by atoms with Crippen molar-refractivity contribution in [2.75, 3.05) is 27.3 Å². The minimum atomic E-state index is -0.200. The number of amides is 1. The van der Waals surface area contributed by atoms with Gasteiger partial charge >= 0.3 is 0 Å². The summed E-state index contributed by atoms with van der Waals surface area (Å²) in [6, 6.07) is 13.2. The Balaban J connectivity index is 1.62. The minimum absolute atomic E-state index is 0.111. The zero-order valence-corrected chi connectivity index (χ0v) is 18.5. The minimum Gasteiger partial charge on any atom is -0.497 e. The van der Waals surface area contributed by atoms with Gasteiger partial charge in [-0.25, -0.2) is 0 Å². The van der Waals surface area contributed by atoms with Gasteiger partial charge < -0.3 is 19.5 Å². The summed E-state index contributed by atoms with van der Waals surface area (Å²) < 4.78 is 16.5. The first-order chi connectivity index (χ1) is 14.4. The molecule has 0 radical (unpaired) electrons. The van der Waals surface area contributed by atoms with Crippen molar-refractivity contribution in [2.24, 2.45) is 0 Å². The lowest BCUT2D eigenvalue weighted by Crippen LogP contribution is -2.44. The average molecular weight is 413 g/mol. The molecule has 1 saturated heterocycles. The van der Waals surface area contributed by atoms with Gasteiger partial charge in [-0.05, 0) is 50.6 Å². The third-order valence-corrected chi connectivity index (χ3v) is 5.37. The zero-order chi connectivity index (χ0) is 21.7. The van der Waals surface area contributed by atoms with Gasteiger partial charge in [-0.3, -0.25) is 9.69 Å².